The Kier molecular flexibility index (Phi) is 7.62. The van der Waals surface area contributed by atoms with E-state index in [2.05, 4.69) is 58.9 Å². The summed E-state index contributed by atoms with van der Waals surface area (Å²) in [4.78, 5) is 13.7. The van der Waals surface area contributed by atoms with Gasteiger partial charge in [0.15, 0.2) is 0 Å². The zero-order valence-corrected chi connectivity index (χ0v) is 20.2. The molecule has 1 aliphatic rings. The Hall–Kier alpha value is -2.09. The highest BCUT2D eigenvalue weighted by Gasteiger charge is 2.59. The van der Waals surface area contributed by atoms with Crippen LogP contribution in [0.5, 0.6) is 5.75 Å². The fourth-order valence-electron chi connectivity index (χ4n) is 5.15. The van der Waals surface area contributed by atoms with Gasteiger partial charge in [0.1, 0.15) is 11.2 Å². The van der Waals surface area contributed by atoms with Crippen LogP contribution < -0.4 is 4.74 Å². The number of fused-ring (bicyclic) bond motifs is 1. The van der Waals surface area contributed by atoms with Crippen molar-refractivity contribution in [2.45, 2.75) is 97.8 Å². The van der Waals surface area contributed by atoms with Gasteiger partial charge < -0.3 is 4.74 Å². The summed E-state index contributed by atoms with van der Waals surface area (Å²) in [5, 5.41) is 0. The lowest BCUT2D eigenvalue weighted by Gasteiger charge is -2.42. The molecule has 0 amide bonds. The molecule has 2 aromatic carbocycles. The highest BCUT2D eigenvalue weighted by molar-refractivity contribution is 5.95. The molecule has 1 aliphatic heterocycles. The highest BCUT2D eigenvalue weighted by Crippen LogP contribution is 2.56. The van der Waals surface area contributed by atoms with Crippen LogP contribution in [0.25, 0.3) is 0 Å². The van der Waals surface area contributed by atoms with Crippen molar-refractivity contribution >= 4 is 5.97 Å². The zero-order chi connectivity index (χ0) is 22.5. The van der Waals surface area contributed by atoms with E-state index in [1.54, 1.807) is 0 Å². The second kappa shape index (κ2) is 10.0. The average Bonchev–Trinajstić information content (AvgIpc) is 3.07. The quantitative estimate of drug-likeness (QED) is 0.211. The van der Waals surface area contributed by atoms with E-state index in [4.69, 9.17) is 4.74 Å². The molecule has 0 fully saturated rings. The summed E-state index contributed by atoms with van der Waals surface area (Å²) in [6, 6.07) is 15.0. The second-order valence-electron chi connectivity index (χ2n) is 9.83. The number of hydrogen-bond acceptors (Lipinski definition) is 2. The molecular weight excluding hydrogens is 380 g/mol. The van der Waals surface area contributed by atoms with Crippen molar-refractivity contribution < 1.29 is 9.53 Å². The van der Waals surface area contributed by atoms with Gasteiger partial charge in [0, 0.05) is 5.56 Å². The summed E-state index contributed by atoms with van der Waals surface area (Å²) in [6.45, 7) is 11.1. The molecule has 1 unspecified atom stereocenters. The zero-order valence-electron chi connectivity index (χ0n) is 20.2. The summed E-state index contributed by atoms with van der Waals surface area (Å²) in [5.74, 6) is 0.601. The first-order valence-corrected chi connectivity index (χ1v) is 12.4. The summed E-state index contributed by atoms with van der Waals surface area (Å²) in [5.41, 5.74) is 3.84. The van der Waals surface area contributed by atoms with E-state index in [0.717, 1.165) is 36.1 Å². The Labute approximate surface area is 189 Å². The molecule has 2 nitrogen and oxygen atoms in total. The highest BCUT2D eigenvalue weighted by atomic mass is 16.5. The van der Waals surface area contributed by atoms with Crippen molar-refractivity contribution in [1.29, 1.82) is 0 Å². The smallest absolute Gasteiger partial charge is 0.327 e. The van der Waals surface area contributed by atoms with Gasteiger partial charge in [0.05, 0.1) is 0 Å². The maximum atomic E-state index is 13.7. The number of unbranched alkanes of at least 4 members (excludes halogenated alkanes) is 4. The minimum atomic E-state index is -0.765. The molecule has 2 aromatic rings. The van der Waals surface area contributed by atoms with E-state index < -0.39 is 5.41 Å². The predicted octanol–water partition coefficient (Wildman–Crippen LogP) is 7.79. The Morgan fingerprint density at radius 3 is 1.97 bits per heavy atom. The molecule has 1 atom stereocenters. The van der Waals surface area contributed by atoms with Gasteiger partial charge >= 0.3 is 5.97 Å². The number of carbonyl (C=O) groups is 1. The molecule has 0 radical (unpaired) electrons. The van der Waals surface area contributed by atoms with Crippen LogP contribution in [0.2, 0.25) is 0 Å². The van der Waals surface area contributed by atoms with E-state index in [-0.39, 0.29) is 11.4 Å². The first kappa shape index (κ1) is 23.6. The van der Waals surface area contributed by atoms with Crippen molar-refractivity contribution in [2.75, 3.05) is 0 Å². The van der Waals surface area contributed by atoms with Crippen LogP contribution in [-0.4, -0.2) is 5.97 Å². The van der Waals surface area contributed by atoms with E-state index >= 15 is 0 Å². The number of benzene rings is 2. The molecule has 3 rings (SSSR count). The molecule has 0 N–H and O–H groups in total. The molecule has 1 heterocycles. The predicted molar refractivity (Wildman–Crippen MR) is 130 cm³/mol. The van der Waals surface area contributed by atoms with Crippen molar-refractivity contribution in [1.82, 2.24) is 0 Å². The molecule has 0 saturated heterocycles. The monoisotopic (exact) mass is 420 g/mol. The van der Waals surface area contributed by atoms with Crippen molar-refractivity contribution in [3.8, 4) is 5.75 Å². The van der Waals surface area contributed by atoms with Gasteiger partial charge in [-0.25, -0.2) is 0 Å². The Morgan fingerprint density at radius 1 is 0.839 bits per heavy atom. The lowest BCUT2D eigenvalue weighted by atomic mass is 9.57. The Balaban J connectivity index is 2.18. The summed E-state index contributed by atoms with van der Waals surface area (Å²) < 4.78 is 5.90. The largest absolute Gasteiger partial charge is 0.425 e. The second-order valence-corrected chi connectivity index (χ2v) is 9.83. The molecule has 2 heteroatoms. The molecule has 0 saturated carbocycles. The van der Waals surface area contributed by atoms with Gasteiger partial charge in [-0.3, -0.25) is 4.79 Å². The van der Waals surface area contributed by atoms with Crippen LogP contribution in [0.15, 0.2) is 42.5 Å². The number of esters is 1. The van der Waals surface area contributed by atoms with E-state index in [0.29, 0.717) is 0 Å². The number of ether oxygens (including phenoxy) is 1. The topological polar surface area (TPSA) is 26.3 Å². The number of aryl methyl sites for hydroxylation is 2. The lowest BCUT2D eigenvalue weighted by molar-refractivity contribution is -0.140. The van der Waals surface area contributed by atoms with Gasteiger partial charge in [-0.2, -0.15) is 0 Å². The fourth-order valence-corrected chi connectivity index (χ4v) is 5.15. The van der Waals surface area contributed by atoms with E-state index in [9.17, 15) is 4.79 Å². The van der Waals surface area contributed by atoms with Crippen LogP contribution >= 0.6 is 0 Å². The Morgan fingerprint density at radius 2 is 1.42 bits per heavy atom. The third-order valence-electron chi connectivity index (χ3n) is 7.32. The van der Waals surface area contributed by atoms with E-state index in [1.165, 1.54) is 49.7 Å². The van der Waals surface area contributed by atoms with Crippen molar-refractivity contribution in [3.05, 3.63) is 64.7 Å². The van der Waals surface area contributed by atoms with Crippen LogP contribution in [-0.2, 0) is 23.1 Å². The van der Waals surface area contributed by atoms with Crippen LogP contribution in [0.3, 0.4) is 0 Å². The van der Waals surface area contributed by atoms with Crippen molar-refractivity contribution in [3.63, 3.8) is 0 Å². The molecule has 0 spiro atoms. The number of para-hydroxylation sites is 1. The van der Waals surface area contributed by atoms with E-state index in [1.807, 2.05) is 18.2 Å². The van der Waals surface area contributed by atoms with Gasteiger partial charge in [-0.1, -0.05) is 96.7 Å². The van der Waals surface area contributed by atoms with Gasteiger partial charge in [0.2, 0.25) is 0 Å². The number of carbonyl (C=O) groups excluding carboxylic acids is 1. The molecule has 168 valence electrons. The van der Waals surface area contributed by atoms with Crippen LogP contribution in [0.4, 0.5) is 0 Å². The number of hydrogen-bond donors (Lipinski definition) is 0. The minimum Gasteiger partial charge on any atom is -0.425 e. The molecule has 31 heavy (non-hydrogen) atoms. The fraction of sp³-hybridized carbons (Fsp3) is 0.552. The minimum absolute atomic E-state index is 0.120. The Bertz CT molecular complexity index is 867. The summed E-state index contributed by atoms with van der Waals surface area (Å²) in [7, 11) is 0. The molecule has 0 bridgehead atoms. The molecular formula is C29H40O2. The average molecular weight is 421 g/mol. The van der Waals surface area contributed by atoms with Crippen molar-refractivity contribution in [2.24, 2.45) is 5.41 Å². The lowest BCUT2D eigenvalue weighted by Crippen LogP contribution is -2.48. The maximum absolute atomic E-state index is 13.7. The summed E-state index contributed by atoms with van der Waals surface area (Å²) in [6.07, 6.45) is 10.3. The third-order valence-corrected chi connectivity index (χ3v) is 7.32. The third kappa shape index (κ3) is 4.45. The summed E-state index contributed by atoms with van der Waals surface area (Å²) >= 11 is 0. The van der Waals surface area contributed by atoms with Gasteiger partial charge in [0.25, 0.3) is 0 Å². The maximum Gasteiger partial charge on any atom is 0.327 e. The molecule has 0 aliphatic carbocycles. The molecule has 0 aromatic heterocycles. The normalized spacial score (nSPS) is 18.2. The SMILES string of the molecule is CCCCCc1cc(CCCCC)cc(C2(C(C)(C)CC)C(=O)Oc3ccccc32)c1. The standard InChI is InChI=1S/C29H40O2/c1-6-9-11-15-22-19-23(16-12-10-7-2)21-24(20-22)29(28(4,5)8-3)25-17-13-14-18-26(25)31-27(29)30/h13-14,17-21H,6-12,15-16H2,1-5H3. The first-order valence-electron chi connectivity index (χ1n) is 12.4. The first-order chi connectivity index (χ1) is 14.9. The van der Waals surface area contributed by atoms with Crippen LogP contribution in [0, 0.1) is 5.41 Å². The number of rotatable bonds is 11. The van der Waals surface area contributed by atoms with Gasteiger partial charge in [-0.05, 0) is 60.3 Å². The van der Waals surface area contributed by atoms with Gasteiger partial charge in [-0.15, -0.1) is 0 Å². The van der Waals surface area contributed by atoms with Crippen LogP contribution in [0.1, 0.15) is 102 Å².